The Morgan fingerprint density at radius 2 is 1.86 bits per heavy atom. The molecule has 7 nitrogen and oxygen atoms in total. The van der Waals surface area contributed by atoms with E-state index in [4.69, 9.17) is 21.1 Å². The summed E-state index contributed by atoms with van der Waals surface area (Å²) in [5.74, 6) is -0.646. The van der Waals surface area contributed by atoms with E-state index >= 15 is 0 Å². The first-order valence-electron chi connectivity index (χ1n) is 11.2. The molecule has 35 heavy (non-hydrogen) atoms. The third-order valence-corrected chi connectivity index (χ3v) is 5.78. The number of benzene rings is 3. The zero-order valence-corrected chi connectivity index (χ0v) is 19.8. The van der Waals surface area contributed by atoms with E-state index in [0.29, 0.717) is 41.1 Å². The number of amides is 2. The van der Waals surface area contributed by atoms with Gasteiger partial charge in [0.1, 0.15) is 12.4 Å². The monoisotopic (exact) mass is 497 g/mol. The quantitative estimate of drug-likeness (QED) is 0.409. The number of rotatable bonds is 9. The Kier molecular flexibility index (Phi) is 7.72. The molecule has 2 amide bonds. The van der Waals surface area contributed by atoms with Crippen molar-refractivity contribution in [2.24, 2.45) is 5.92 Å². The van der Waals surface area contributed by atoms with Crippen LogP contribution in [0.25, 0.3) is 0 Å². The van der Waals surface area contributed by atoms with Crippen molar-refractivity contribution in [2.75, 3.05) is 23.5 Å². The van der Waals surface area contributed by atoms with Crippen LogP contribution in [0, 0.1) is 11.7 Å². The van der Waals surface area contributed by atoms with Gasteiger partial charge in [0.15, 0.2) is 11.5 Å². The van der Waals surface area contributed by atoms with Crippen molar-refractivity contribution >= 4 is 34.8 Å². The van der Waals surface area contributed by atoms with Crippen molar-refractivity contribution in [1.29, 1.82) is 0 Å². The Hall–Kier alpha value is -3.78. The number of nitrogens with zero attached hydrogens (tertiary/aromatic N) is 1. The van der Waals surface area contributed by atoms with Gasteiger partial charge in [-0.1, -0.05) is 41.9 Å². The summed E-state index contributed by atoms with van der Waals surface area (Å²) >= 11 is 6.46. The fourth-order valence-electron chi connectivity index (χ4n) is 3.76. The van der Waals surface area contributed by atoms with Crippen LogP contribution in [0.1, 0.15) is 18.9 Å². The summed E-state index contributed by atoms with van der Waals surface area (Å²) in [5, 5.41) is 0.321. The van der Waals surface area contributed by atoms with E-state index in [-0.39, 0.29) is 30.6 Å². The smallest absolute Gasteiger partial charge is 0.243 e. The molecule has 0 saturated carbocycles. The number of ether oxygens (including phenoxy) is 2. The Labute approximate surface area is 207 Å². The Morgan fingerprint density at radius 3 is 2.57 bits per heavy atom. The second-order valence-corrected chi connectivity index (χ2v) is 8.40. The van der Waals surface area contributed by atoms with Gasteiger partial charge in [-0.2, -0.15) is 0 Å². The fourth-order valence-corrected chi connectivity index (χ4v) is 4.03. The minimum absolute atomic E-state index is 0.0576. The lowest BCUT2D eigenvalue weighted by Gasteiger charge is -2.18. The molecule has 0 radical (unpaired) electrons. The standard InChI is InChI=1S/C26H25ClFN3O4/c1-2-34-23-14-20(13-22(27)25(23)35-16-17-6-4-3-5-7-17)29-30-26(33)18-12-24(32)31(15-18)21-10-8-19(28)9-11-21/h3-11,13-14,18,29H,2,12,15-16H2,1H3,(H,30,33)/t18-/m0/s1. The molecule has 9 heteroatoms. The number of halogens is 2. The first-order valence-corrected chi connectivity index (χ1v) is 11.6. The molecule has 2 N–H and O–H groups in total. The van der Waals surface area contributed by atoms with E-state index in [1.54, 1.807) is 12.1 Å². The number of hydrazine groups is 1. The van der Waals surface area contributed by atoms with Crippen LogP contribution < -0.4 is 25.2 Å². The van der Waals surface area contributed by atoms with Crippen molar-refractivity contribution in [3.8, 4) is 11.5 Å². The SMILES string of the molecule is CCOc1cc(NNC(=O)[C@H]2CC(=O)N(c3ccc(F)cc3)C2)cc(Cl)c1OCc1ccccc1. The lowest BCUT2D eigenvalue weighted by atomic mass is 10.1. The van der Waals surface area contributed by atoms with Gasteiger partial charge in [0, 0.05) is 24.7 Å². The van der Waals surface area contributed by atoms with Crippen molar-refractivity contribution in [3.63, 3.8) is 0 Å². The van der Waals surface area contributed by atoms with E-state index in [2.05, 4.69) is 10.9 Å². The molecule has 1 saturated heterocycles. The highest BCUT2D eigenvalue weighted by atomic mass is 35.5. The average molecular weight is 498 g/mol. The largest absolute Gasteiger partial charge is 0.490 e. The maximum absolute atomic E-state index is 13.2. The van der Waals surface area contributed by atoms with Crippen LogP contribution in [0.2, 0.25) is 5.02 Å². The molecule has 1 fully saturated rings. The molecule has 0 spiro atoms. The first-order chi connectivity index (χ1) is 16.9. The number of hydrogen-bond donors (Lipinski definition) is 2. The molecular formula is C26H25ClFN3O4. The number of nitrogens with one attached hydrogen (secondary N) is 2. The molecule has 0 aromatic heterocycles. The Balaban J connectivity index is 1.39. The van der Waals surface area contributed by atoms with Crippen LogP contribution in [0.15, 0.2) is 66.7 Å². The van der Waals surface area contributed by atoms with Crippen LogP contribution in [-0.4, -0.2) is 25.0 Å². The van der Waals surface area contributed by atoms with E-state index in [1.165, 1.54) is 29.2 Å². The molecule has 4 rings (SSSR count). The summed E-state index contributed by atoms with van der Waals surface area (Å²) < 4.78 is 24.8. The maximum Gasteiger partial charge on any atom is 0.243 e. The third kappa shape index (κ3) is 6.02. The fraction of sp³-hybridized carbons (Fsp3) is 0.231. The van der Waals surface area contributed by atoms with E-state index in [9.17, 15) is 14.0 Å². The van der Waals surface area contributed by atoms with Gasteiger partial charge in [0.25, 0.3) is 0 Å². The molecule has 1 aliphatic heterocycles. The van der Waals surface area contributed by atoms with Gasteiger partial charge in [-0.25, -0.2) is 4.39 Å². The Bertz CT molecular complexity index is 1190. The van der Waals surface area contributed by atoms with Crippen LogP contribution in [-0.2, 0) is 16.2 Å². The highest BCUT2D eigenvalue weighted by molar-refractivity contribution is 6.32. The molecular weight excluding hydrogens is 473 g/mol. The highest BCUT2D eigenvalue weighted by Gasteiger charge is 2.35. The topological polar surface area (TPSA) is 79.9 Å². The maximum atomic E-state index is 13.2. The molecule has 3 aromatic carbocycles. The van der Waals surface area contributed by atoms with Crippen molar-refractivity contribution in [1.82, 2.24) is 5.43 Å². The van der Waals surface area contributed by atoms with Gasteiger partial charge < -0.3 is 14.4 Å². The van der Waals surface area contributed by atoms with Gasteiger partial charge in [-0.3, -0.25) is 20.4 Å². The van der Waals surface area contributed by atoms with Crippen LogP contribution in [0.3, 0.4) is 0 Å². The molecule has 0 bridgehead atoms. The Morgan fingerprint density at radius 1 is 1.11 bits per heavy atom. The molecule has 0 aliphatic carbocycles. The van der Waals surface area contributed by atoms with Gasteiger partial charge >= 0.3 is 0 Å². The van der Waals surface area contributed by atoms with Crippen LogP contribution >= 0.6 is 11.6 Å². The van der Waals surface area contributed by atoms with E-state index in [0.717, 1.165) is 5.56 Å². The third-order valence-electron chi connectivity index (χ3n) is 5.50. The van der Waals surface area contributed by atoms with Gasteiger partial charge in [0.05, 0.1) is 23.2 Å². The van der Waals surface area contributed by atoms with Crippen molar-refractivity contribution in [2.45, 2.75) is 20.0 Å². The summed E-state index contributed by atoms with van der Waals surface area (Å²) in [5.41, 5.74) is 7.51. The minimum Gasteiger partial charge on any atom is -0.490 e. The zero-order chi connectivity index (χ0) is 24.8. The molecule has 1 heterocycles. The average Bonchev–Trinajstić information content (AvgIpc) is 3.25. The van der Waals surface area contributed by atoms with Gasteiger partial charge in [0.2, 0.25) is 11.8 Å². The van der Waals surface area contributed by atoms with Crippen LogP contribution in [0.4, 0.5) is 15.8 Å². The lowest BCUT2D eigenvalue weighted by Crippen LogP contribution is -2.36. The normalized spacial score (nSPS) is 15.1. The van der Waals surface area contributed by atoms with E-state index in [1.807, 2.05) is 37.3 Å². The van der Waals surface area contributed by atoms with Gasteiger partial charge in [-0.15, -0.1) is 0 Å². The van der Waals surface area contributed by atoms with Gasteiger partial charge in [-0.05, 0) is 42.8 Å². The summed E-state index contributed by atoms with van der Waals surface area (Å²) in [6, 6.07) is 18.6. The second-order valence-electron chi connectivity index (χ2n) is 7.99. The summed E-state index contributed by atoms with van der Waals surface area (Å²) in [6.07, 6.45) is 0.0576. The number of carbonyl (C=O) groups excluding carboxylic acids is 2. The minimum atomic E-state index is -0.560. The first kappa shape index (κ1) is 24.3. The molecule has 3 aromatic rings. The predicted molar refractivity (Wildman–Crippen MR) is 132 cm³/mol. The van der Waals surface area contributed by atoms with Crippen molar-refractivity contribution < 1.29 is 23.5 Å². The summed E-state index contributed by atoms with van der Waals surface area (Å²) in [4.78, 5) is 26.6. The number of anilines is 2. The molecule has 1 atom stereocenters. The summed E-state index contributed by atoms with van der Waals surface area (Å²) in [7, 11) is 0. The molecule has 1 aliphatic rings. The van der Waals surface area contributed by atoms with Crippen LogP contribution in [0.5, 0.6) is 11.5 Å². The molecule has 0 unspecified atom stereocenters. The number of hydrogen-bond acceptors (Lipinski definition) is 5. The zero-order valence-electron chi connectivity index (χ0n) is 19.1. The van der Waals surface area contributed by atoms with Crippen molar-refractivity contribution in [3.05, 3.63) is 83.1 Å². The molecule has 182 valence electrons. The van der Waals surface area contributed by atoms with E-state index < -0.39 is 5.92 Å². The number of carbonyl (C=O) groups is 2. The predicted octanol–water partition coefficient (Wildman–Crippen LogP) is 4.95. The highest BCUT2D eigenvalue weighted by Crippen LogP contribution is 2.39. The summed E-state index contributed by atoms with van der Waals surface area (Å²) in [6.45, 7) is 2.78. The lowest BCUT2D eigenvalue weighted by molar-refractivity contribution is -0.125. The second kappa shape index (κ2) is 11.1.